The van der Waals surface area contributed by atoms with Crippen molar-refractivity contribution in [1.82, 2.24) is 5.32 Å². The number of benzene rings is 1. The van der Waals surface area contributed by atoms with Gasteiger partial charge in [0.1, 0.15) is 11.9 Å². The number of aryl methyl sites for hydroxylation is 2. The van der Waals surface area contributed by atoms with Crippen molar-refractivity contribution in [3.05, 3.63) is 29.3 Å². The molecule has 0 heterocycles. The molecule has 0 radical (unpaired) electrons. The first-order valence-corrected chi connectivity index (χ1v) is 7.98. The molecule has 3 atom stereocenters. The molecule has 1 aliphatic rings. The largest absolute Gasteiger partial charge is 0.489 e. The van der Waals surface area contributed by atoms with Gasteiger partial charge in [0.25, 0.3) is 0 Å². The van der Waals surface area contributed by atoms with Gasteiger partial charge in [-0.05, 0) is 50.4 Å². The van der Waals surface area contributed by atoms with E-state index in [1.54, 1.807) is 0 Å². The second kappa shape index (κ2) is 6.17. The van der Waals surface area contributed by atoms with Crippen LogP contribution in [0.5, 0.6) is 5.75 Å². The van der Waals surface area contributed by atoms with Crippen LogP contribution in [-0.4, -0.2) is 18.7 Å². The molecule has 1 aromatic carbocycles. The van der Waals surface area contributed by atoms with E-state index in [0.29, 0.717) is 12.1 Å². The first-order valence-electron chi connectivity index (χ1n) is 7.98. The highest BCUT2D eigenvalue weighted by atomic mass is 16.5. The Hall–Kier alpha value is -1.02. The van der Waals surface area contributed by atoms with Crippen LogP contribution in [0.3, 0.4) is 0 Å². The molecule has 0 amide bonds. The van der Waals surface area contributed by atoms with Crippen LogP contribution in [0.1, 0.15) is 51.2 Å². The summed E-state index contributed by atoms with van der Waals surface area (Å²) >= 11 is 0. The van der Waals surface area contributed by atoms with Crippen LogP contribution in [0.4, 0.5) is 0 Å². The van der Waals surface area contributed by atoms with Gasteiger partial charge in [0.15, 0.2) is 0 Å². The van der Waals surface area contributed by atoms with Crippen LogP contribution < -0.4 is 10.1 Å². The maximum Gasteiger partial charge on any atom is 0.122 e. The maximum atomic E-state index is 6.34. The molecule has 0 aliphatic heterocycles. The van der Waals surface area contributed by atoms with Crippen LogP contribution in [-0.2, 0) is 0 Å². The summed E-state index contributed by atoms with van der Waals surface area (Å²) < 4.78 is 6.34. The Morgan fingerprint density at radius 1 is 1.30 bits per heavy atom. The Bertz CT molecular complexity index is 457. The Balaban J connectivity index is 2.05. The van der Waals surface area contributed by atoms with Gasteiger partial charge >= 0.3 is 0 Å². The van der Waals surface area contributed by atoms with Gasteiger partial charge in [0.2, 0.25) is 0 Å². The fourth-order valence-electron chi connectivity index (χ4n) is 3.10. The molecular weight excluding hydrogens is 246 g/mol. The minimum Gasteiger partial charge on any atom is -0.489 e. The first-order chi connectivity index (χ1) is 9.51. The van der Waals surface area contributed by atoms with Crippen LogP contribution in [0.15, 0.2) is 18.2 Å². The summed E-state index contributed by atoms with van der Waals surface area (Å²) in [4.78, 5) is 0. The molecule has 1 N–H and O–H groups in total. The highest BCUT2D eigenvalue weighted by Gasteiger charge is 2.51. The van der Waals surface area contributed by atoms with Crippen molar-refractivity contribution < 1.29 is 4.74 Å². The van der Waals surface area contributed by atoms with Gasteiger partial charge in [-0.2, -0.15) is 0 Å². The average molecular weight is 275 g/mol. The van der Waals surface area contributed by atoms with Gasteiger partial charge in [-0.15, -0.1) is 0 Å². The molecule has 0 spiro atoms. The molecule has 1 fully saturated rings. The fraction of sp³-hybridized carbons (Fsp3) is 0.667. The third kappa shape index (κ3) is 2.85. The normalized spacial score (nSPS) is 29.1. The number of nitrogens with one attached hydrogen (secondary N) is 1. The summed E-state index contributed by atoms with van der Waals surface area (Å²) in [7, 11) is 0. The zero-order valence-corrected chi connectivity index (χ0v) is 13.6. The summed E-state index contributed by atoms with van der Waals surface area (Å²) in [5.41, 5.74) is 2.76. The molecule has 1 saturated carbocycles. The maximum absolute atomic E-state index is 6.34. The summed E-state index contributed by atoms with van der Waals surface area (Å²) in [5.74, 6) is 1.06. The second-order valence-electron chi connectivity index (χ2n) is 6.48. The number of rotatable bonds is 6. The van der Waals surface area contributed by atoms with E-state index in [2.05, 4.69) is 58.1 Å². The Morgan fingerprint density at radius 3 is 2.70 bits per heavy atom. The van der Waals surface area contributed by atoms with Gasteiger partial charge < -0.3 is 10.1 Å². The van der Waals surface area contributed by atoms with Gasteiger partial charge in [0.05, 0.1) is 0 Å². The van der Waals surface area contributed by atoms with Crippen molar-refractivity contribution >= 4 is 0 Å². The number of hydrogen-bond donors (Lipinski definition) is 1. The number of ether oxygens (including phenoxy) is 1. The van der Waals surface area contributed by atoms with Crippen molar-refractivity contribution in [1.29, 1.82) is 0 Å². The highest BCUT2D eigenvalue weighted by Crippen LogP contribution is 2.46. The van der Waals surface area contributed by atoms with E-state index in [1.807, 2.05) is 0 Å². The van der Waals surface area contributed by atoms with Gasteiger partial charge in [-0.3, -0.25) is 0 Å². The molecule has 2 nitrogen and oxygen atoms in total. The first kappa shape index (κ1) is 15.4. The van der Waals surface area contributed by atoms with E-state index >= 15 is 0 Å². The van der Waals surface area contributed by atoms with E-state index in [9.17, 15) is 0 Å². The van der Waals surface area contributed by atoms with Gasteiger partial charge in [-0.25, -0.2) is 0 Å². The molecule has 2 heteroatoms. The number of hydrogen-bond acceptors (Lipinski definition) is 2. The van der Waals surface area contributed by atoms with Crippen LogP contribution in [0.25, 0.3) is 0 Å². The molecule has 3 unspecified atom stereocenters. The van der Waals surface area contributed by atoms with Crippen LogP contribution in [0.2, 0.25) is 0 Å². The smallest absolute Gasteiger partial charge is 0.122 e. The van der Waals surface area contributed by atoms with Crippen LogP contribution >= 0.6 is 0 Å². The topological polar surface area (TPSA) is 21.3 Å². The van der Waals surface area contributed by atoms with Crippen molar-refractivity contribution in [3.63, 3.8) is 0 Å². The van der Waals surface area contributed by atoms with Crippen molar-refractivity contribution in [2.45, 2.75) is 66.0 Å². The lowest BCUT2D eigenvalue weighted by atomic mass is 9.61. The second-order valence-corrected chi connectivity index (χ2v) is 6.48. The van der Waals surface area contributed by atoms with Gasteiger partial charge in [0, 0.05) is 17.9 Å². The molecular formula is C18H29NO. The summed E-state index contributed by atoms with van der Waals surface area (Å²) in [6.07, 6.45) is 3.81. The molecule has 0 bridgehead atoms. The van der Waals surface area contributed by atoms with E-state index in [4.69, 9.17) is 4.74 Å². The SMILES string of the molecule is CCCNC1CC(Oc2cc(C)ccc2C)C1(C)CC. The lowest BCUT2D eigenvalue weighted by molar-refractivity contribution is -0.0704. The monoisotopic (exact) mass is 275 g/mol. The average Bonchev–Trinajstić information content (AvgIpc) is 2.44. The van der Waals surface area contributed by atoms with Crippen molar-refractivity contribution in [2.24, 2.45) is 5.41 Å². The lowest BCUT2D eigenvalue weighted by Gasteiger charge is -2.53. The summed E-state index contributed by atoms with van der Waals surface area (Å²) in [5, 5.41) is 3.67. The minimum atomic E-state index is 0.255. The third-order valence-electron chi connectivity index (χ3n) is 5.00. The Morgan fingerprint density at radius 2 is 2.05 bits per heavy atom. The fourth-order valence-corrected chi connectivity index (χ4v) is 3.10. The van der Waals surface area contributed by atoms with Crippen molar-refractivity contribution in [3.8, 4) is 5.75 Å². The molecule has 20 heavy (non-hydrogen) atoms. The quantitative estimate of drug-likeness (QED) is 0.838. The lowest BCUT2D eigenvalue weighted by Crippen LogP contribution is -2.63. The molecule has 1 aromatic rings. The molecule has 1 aliphatic carbocycles. The van der Waals surface area contributed by atoms with Crippen molar-refractivity contribution in [2.75, 3.05) is 6.54 Å². The highest BCUT2D eigenvalue weighted by molar-refractivity contribution is 5.36. The van der Waals surface area contributed by atoms with E-state index in [-0.39, 0.29) is 5.41 Å². The summed E-state index contributed by atoms with van der Waals surface area (Å²) in [6.45, 7) is 12.2. The molecule has 112 valence electrons. The standard InChI is InChI=1S/C18H29NO/c1-6-10-19-16-12-17(18(16,5)7-2)20-15-11-13(3)8-9-14(15)4/h8-9,11,16-17,19H,6-7,10,12H2,1-5H3. The predicted octanol–water partition coefficient (Wildman–Crippen LogP) is 4.24. The zero-order valence-electron chi connectivity index (χ0n) is 13.6. The van der Waals surface area contributed by atoms with Gasteiger partial charge in [-0.1, -0.05) is 32.9 Å². The Kier molecular flexibility index (Phi) is 4.74. The zero-order chi connectivity index (χ0) is 14.8. The molecule has 0 aromatic heterocycles. The Labute approximate surface area is 123 Å². The minimum absolute atomic E-state index is 0.255. The predicted molar refractivity (Wildman–Crippen MR) is 85.4 cm³/mol. The molecule has 2 rings (SSSR count). The van der Waals surface area contributed by atoms with E-state index < -0.39 is 0 Å². The molecule has 0 saturated heterocycles. The van der Waals surface area contributed by atoms with E-state index in [1.165, 1.54) is 17.5 Å². The third-order valence-corrected chi connectivity index (χ3v) is 5.00. The summed E-state index contributed by atoms with van der Waals surface area (Å²) in [6, 6.07) is 7.06. The van der Waals surface area contributed by atoms with Crippen LogP contribution in [0, 0.1) is 19.3 Å². The van der Waals surface area contributed by atoms with E-state index in [0.717, 1.165) is 25.1 Å².